The number of rotatable bonds is 10. The van der Waals surface area contributed by atoms with Gasteiger partial charge in [-0.2, -0.15) is 4.98 Å². The van der Waals surface area contributed by atoms with Crippen molar-refractivity contribution in [2.75, 3.05) is 24.7 Å². The first-order chi connectivity index (χ1) is 21.2. The third kappa shape index (κ3) is 6.62. The fraction of sp³-hybridized carbons (Fsp3) is 0.476. The number of H-pyrrole nitrogens is 1. The summed E-state index contributed by atoms with van der Waals surface area (Å²) in [5.74, 6) is -0.925. The average Bonchev–Trinajstić information content (AvgIpc) is 3.72. The summed E-state index contributed by atoms with van der Waals surface area (Å²) in [5.41, 5.74) is 10.7. The van der Waals surface area contributed by atoms with Crippen LogP contribution in [0.15, 0.2) is 23.6 Å². The van der Waals surface area contributed by atoms with E-state index in [-0.39, 0.29) is 40.6 Å². The molecule has 0 aliphatic carbocycles. The average molecular weight is 712 g/mol. The van der Waals surface area contributed by atoms with Crippen LogP contribution in [0.3, 0.4) is 0 Å². The lowest BCUT2D eigenvalue weighted by atomic mass is 10.1. The fourth-order valence-corrected chi connectivity index (χ4v) is 7.13. The number of nitrogens with one attached hydrogen (secondary N) is 1. The second-order valence-electron chi connectivity index (χ2n) is 10.0. The molecule has 6 rings (SSSR count). The van der Waals surface area contributed by atoms with Gasteiger partial charge < -0.3 is 30.4 Å². The number of aromatic nitrogens is 7. The van der Waals surface area contributed by atoms with Gasteiger partial charge in [-0.3, -0.25) is 27.9 Å². The first-order valence-electron chi connectivity index (χ1n) is 13.0. The van der Waals surface area contributed by atoms with E-state index in [0.717, 1.165) is 10.9 Å². The highest BCUT2D eigenvalue weighted by atomic mass is 32.7. The number of thiol groups is 2. The topological polar surface area (TPSA) is 247 Å². The smallest absolute Gasteiger partial charge is 0.383 e. The second kappa shape index (κ2) is 12.2. The molecule has 0 spiro atoms. The Morgan fingerprint density at radius 1 is 1.11 bits per heavy atom. The Kier molecular flexibility index (Phi) is 8.74. The number of nitrogens with two attached hydrogens (primary N) is 2. The van der Waals surface area contributed by atoms with Crippen molar-refractivity contribution in [1.29, 1.82) is 0 Å². The third-order valence-electron chi connectivity index (χ3n) is 7.06. The van der Waals surface area contributed by atoms with E-state index < -0.39 is 68.5 Å². The summed E-state index contributed by atoms with van der Waals surface area (Å²) < 4.78 is 85.0. The van der Waals surface area contributed by atoms with Crippen LogP contribution >= 0.6 is 38.1 Å². The van der Waals surface area contributed by atoms with Gasteiger partial charge >= 0.3 is 13.6 Å². The Balaban J connectivity index is 1.18. The molecule has 4 aromatic rings. The van der Waals surface area contributed by atoms with Crippen LogP contribution in [-0.2, 0) is 32.2 Å². The van der Waals surface area contributed by atoms with E-state index in [2.05, 4.69) is 49.4 Å². The van der Waals surface area contributed by atoms with E-state index in [0.29, 0.717) is 12.8 Å². The lowest BCUT2D eigenvalue weighted by molar-refractivity contribution is -0.0458. The first-order valence-corrected chi connectivity index (χ1v) is 18.4. The van der Waals surface area contributed by atoms with Crippen molar-refractivity contribution < 1.29 is 45.8 Å². The first kappa shape index (κ1) is 32.3. The summed E-state index contributed by atoms with van der Waals surface area (Å²) in [6.07, 6.45) is -3.91. The largest absolute Gasteiger partial charge is 0.386 e. The van der Waals surface area contributed by atoms with Crippen molar-refractivity contribution in [2.45, 2.75) is 49.8 Å². The highest BCUT2D eigenvalue weighted by Gasteiger charge is 2.51. The zero-order chi connectivity index (χ0) is 32.3. The van der Waals surface area contributed by atoms with E-state index in [1.807, 2.05) is 0 Å². The molecule has 45 heavy (non-hydrogen) atoms. The highest BCUT2D eigenvalue weighted by molar-refractivity contribution is 8.44. The van der Waals surface area contributed by atoms with Crippen LogP contribution in [0, 0.1) is 5.82 Å². The summed E-state index contributed by atoms with van der Waals surface area (Å²) in [5, 5.41) is 0.0521. The molecule has 0 radical (unpaired) electrons. The van der Waals surface area contributed by atoms with Crippen LogP contribution in [0.5, 0.6) is 0 Å². The maximum absolute atomic E-state index is 15.7. The minimum atomic E-state index is -4.38. The van der Waals surface area contributed by atoms with E-state index in [9.17, 15) is 23.2 Å². The number of nitrogen functional groups attached to an aromatic ring is 2. The monoisotopic (exact) mass is 711 g/mol. The number of aromatic amines is 1. The third-order valence-corrected chi connectivity index (χ3v) is 9.51. The molecule has 244 valence electrons. The van der Waals surface area contributed by atoms with Crippen molar-refractivity contribution in [3.05, 3.63) is 35.0 Å². The van der Waals surface area contributed by atoms with Gasteiger partial charge in [-0.25, -0.2) is 32.9 Å². The normalized spacial score (nSPS) is 28.1. The summed E-state index contributed by atoms with van der Waals surface area (Å²) in [6, 6.07) is 0. The standard InChI is InChI=1S/C21H25F2N9O9P2S2/c22-9-3-31(17-12(9)16(24)26-6-27-17)11-2-1-8(39-11)4-38-43(36,45)41-15-13(23)10(5-37-42(34,35)44)40-20(15)32-7-28-14-18(32)29-21(25)30-19(14)33/h3,6-8,10-11,13,15,20H,1-2,4-5H2,(H,36,45)(H2,24,26,27)(H2,34,35,44)(H3,25,29,30,33)/t8-,10+,11+,13+,15?,20+,43?/m0/s1. The zero-order valence-corrected chi connectivity index (χ0v) is 26.2. The van der Waals surface area contributed by atoms with Crippen LogP contribution in [0.1, 0.15) is 25.3 Å². The summed E-state index contributed by atoms with van der Waals surface area (Å²) in [4.78, 5) is 39.8. The van der Waals surface area contributed by atoms with Gasteiger partial charge in [0.05, 0.1) is 31.0 Å². The highest BCUT2D eigenvalue weighted by Crippen LogP contribution is 2.57. The van der Waals surface area contributed by atoms with Gasteiger partial charge in [0, 0.05) is 6.20 Å². The summed E-state index contributed by atoms with van der Waals surface area (Å²) in [7, 11) is 0. The Morgan fingerprint density at radius 2 is 1.89 bits per heavy atom. The van der Waals surface area contributed by atoms with Gasteiger partial charge in [0.25, 0.3) is 5.56 Å². The number of hydrogen-bond donors (Lipinski definition) is 6. The molecule has 2 saturated heterocycles. The molecule has 0 bridgehead atoms. The molecule has 3 unspecified atom stereocenters. The molecule has 24 heteroatoms. The quantitative estimate of drug-likeness (QED) is 0.102. The molecule has 0 aromatic carbocycles. The van der Waals surface area contributed by atoms with Gasteiger partial charge in [0.15, 0.2) is 35.0 Å². The molecule has 8 atom stereocenters. The molecule has 4 aromatic heterocycles. The molecule has 2 aliphatic rings. The lowest BCUT2D eigenvalue weighted by Gasteiger charge is -2.24. The number of fused-ring (bicyclic) bond motifs is 2. The minimum Gasteiger partial charge on any atom is -0.383 e. The van der Waals surface area contributed by atoms with Gasteiger partial charge in [0.1, 0.15) is 30.6 Å². The SMILES string of the molecule is Nc1nc2c(ncn2[C@@H]2O[C@H](COP(=O)(O)S)[C@@H](F)C2OP(=O)(S)OC[C@@H]2CC[C@H](n3cc(F)c4c(N)ncnc43)O2)c(=O)[nH]1. The predicted molar refractivity (Wildman–Crippen MR) is 159 cm³/mol. The van der Waals surface area contributed by atoms with Crippen LogP contribution in [0.2, 0.25) is 0 Å². The van der Waals surface area contributed by atoms with Crippen LogP contribution in [0.25, 0.3) is 22.2 Å². The van der Waals surface area contributed by atoms with Crippen molar-refractivity contribution >= 4 is 72.1 Å². The zero-order valence-electron chi connectivity index (χ0n) is 22.6. The number of ether oxygens (including phenoxy) is 2. The molecule has 18 nitrogen and oxygen atoms in total. The number of hydrogen-bond acceptors (Lipinski definition) is 14. The van der Waals surface area contributed by atoms with Crippen LogP contribution in [-0.4, -0.2) is 76.6 Å². The molecule has 0 saturated carbocycles. The van der Waals surface area contributed by atoms with E-state index in [1.54, 1.807) is 0 Å². The second-order valence-corrected chi connectivity index (χ2v) is 15.7. The molecule has 6 N–H and O–H groups in total. The van der Waals surface area contributed by atoms with Crippen molar-refractivity contribution in [1.82, 2.24) is 34.1 Å². The van der Waals surface area contributed by atoms with Crippen molar-refractivity contribution in [2.24, 2.45) is 0 Å². The van der Waals surface area contributed by atoms with Crippen LogP contribution < -0.4 is 17.0 Å². The van der Waals surface area contributed by atoms with Crippen LogP contribution in [0.4, 0.5) is 20.5 Å². The number of imidazole rings is 1. The van der Waals surface area contributed by atoms with Crippen molar-refractivity contribution in [3.8, 4) is 0 Å². The van der Waals surface area contributed by atoms with Gasteiger partial charge in [0.2, 0.25) is 5.95 Å². The van der Waals surface area contributed by atoms with E-state index >= 15 is 4.39 Å². The molecule has 2 aliphatic heterocycles. The maximum Gasteiger partial charge on any atom is 0.386 e. The van der Waals surface area contributed by atoms with Gasteiger partial charge in [-0.15, -0.1) is 0 Å². The molecule has 0 amide bonds. The number of anilines is 2. The summed E-state index contributed by atoms with van der Waals surface area (Å²) in [6.45, 7) is -9.78. The minimum absolute atomic E-state index is 0.0257. The number of alkyl halides is 1. The fourth-order valence-electron chi connectivity index (χ4n) is 5.12. The van der Waals surface area contributed by atoms with Gasteiger partial charge in [-0.1, -0.05) is 24.5 Å². The van der Waals surface area contributed by atoms with E-state index in [1.165, 1.54) is 17.1 Å². The molecule has 6 heterocycles. The Hall–Kier alpha value is -2.65. The summed E-state index contributed by atoms with van der Waals surface area (Å²) >= 11 is 7.41. The molecular weight excluding hydrogens is 686 g/mol. The Morgan fingerprint density at radius 3 is 2.64 bits per heavy atom. The maximum atomic E-state index is 15.7. The van der Waals surface area contributed by atoms with E-state index in [4.69, 9.17) is 34.5 Å². The Labute approximate surface area is 261 Å². The molecule has 2 fully saturated rings. The molecular formula is C21H25F2N9O9P2S2. The lowest BCUT2D eigenvalue weighted by Crippen LogP contribution is -2.32. The predicted octanol–water partition coefficient (Wildman–Crippen LogP) is 2.27. The number of halogens is 2. The number of nitrogens with zero attached hydrogens (tertiary/aromatic N) is 6. The van der Waals surface area contributed by atoms with Gasteiger partial charge in [-0.05, 0) is 12.8 Å². The van der Waals surface area contributed by atoms with Crippen molar-refractivity contribution in [3.63, 3.8) is 0 Å². The Bertz CT molecular complexity index is 1910.